The maximum atomic E-state index is 12.9. The van der Waals surface area contributed by atoms with Crippen molar-refractivity contribution in [3.63, 3.8) is 0 Å². The smallest absolute Gasteiger partial charge is 0.326 e. The van der Waals surface area contributed by atoms with Crippen LogP contribution in [0.3, 0.4) is 0 Å². The molecular formula is C28H30N14O4. The molecule has 0 aliphatic rings. The second-order valence-electron chi connectivity index (χ2n) is 10.2. The van der Waals surface area contributed by atoms with Crippen LogP contribution >= 0.6 is 0 Å². The first kappa shape index (κ1) is 31.0. The highest BCUT2D eigenvalue weighted by molar-refractivity contribution is 6.02. The average molecular weight is 627 g/mol. The number of nitrogens with one attached hydrogen (secondary N) is 3. The number of Topliss-reactive ketones (excluding diaryl/α,β-unsaturated/α-hetero) is 1. The molecule has 2 aromatic carbocycles. The molecule has 0 spiro atoms. The molecule has 5 rings (SSSR count). The minimum atomic E-state index is -1.21. The summed E-state index contributed by atoms with van der Waals surface area (Å²) >= 11 is 0. The predicted octanol–water partition coefficient (Wildman–Crippen LogP) is 1.17. The molecule has 0 saturated heterocycles. The number of carboxylic acid groups (broad SMARTS) is 1. The van der Waals surface area contributed by atoms with Gasteiger partial charge in [-0.25, -0.2) is 14.8 Å². The summed E-state index contributed by atoms with van der Waals surface area (Å²) in [6.45, 7) is 0.248. The second-order valence-corrected chi connectivity index (χ2v) is 10.2. The largest absolute Gasteiger partial charge is 0.480 e. The third-order valence-electron chi connectivity index (χ3n) is 6.95. The van der Waals surface area contributed by atoms with Crippen LogP contribution in [0.15, 0.2) is 42.6 Å². The van der Waals surface area contributed by atoms with Crippen molar-refractivity contribution >= 4 is 57.7 Å². The first-order valence-electron chi connectivity index (χ1n) is 14.0. The van der Waals surface area contributed by atoms with Gasteiger partial charge >= 0.3 is 5.97 Å². The fourth-order valence-electron chi connectivity index (χ4n) is 4.67. The van der Waals surface area contributed by atoms with Gasteiger partial charge < -0.3 is 38.7 Å². The molecular weight excluding hydrogens is 596 g/mol. The molecule has 18 heteroatoms. The predicted molar refractivity (Wildman–Crippen MR) is 168 cm³/mol. The summed E-state index contributed by atoms with van der Waals surface area (Å²) in [5.41, 5.74) is 26.7. The number of fused-ring (bicyclic) bond motifs is 1. The molecule has 12 N–H and O–H groups in total. The van der Waals surface area contributed by atoms with E-state index in [4.69, 9.17) is 22.9 Å². The van der Waals surface area contributed by atoms with E-state index in [-0.39, 0.29) is 59.7 Å². The molecule has 46 heavy (non-hydrogen) atoms. The van der Waals surface area contributed by atoms with Crippen molar-refractivity contribution < 1.29 is 19.5 Å². The van der Waals surface area contributed by atoms with Crippen LogP contribution in [0.1, 0.15) is 52.1 Å². The minimum Gasteiger partial charge on any atom is -0.480 e. The molecule has 18 nitrogen and oxygen atoms in total. The molecule has 236 valence electrons. The number of carbonyl (C=O) groups is 3. The van der Waals surface area contributed by atoms with E-state index in [0.29, 0.717) is 46.6 Å². The minimum absolute atomic E-state index is 0.00151. The lowest BCUT2D eigenvalue weighted by molar-refractivity contribution is -0.139. The Bertz CT molecular complexity index is 1910. The standard InChI is InChI=1S/C28H30N14O4/c29-13-5-7-16(18(9-13)24-39-41-42-40-24)21(43)4-2-1-3-20(27(45)46)36-26(44)17-8-6-14(10-19(17)30)33-11-15-12-34-25-22(35-15)23(31)37-28(32)38-25/h5-10,12,20,33H,1-4,11,29-30H2,(H,36,44)(H,45,46)(H,39,40,41,42)(H4,31,32,34,37,38)/t20-/m0/s1. The van der Waals surface area contributed by atoms with Gasteiger partial charge in [0.15, 0.2) is 22.8 Å². The number of unbranched alkanes of at least 4 members (excludes halogenated alkanes) is 1. The number of hydrogen-bond donors (Lipinski definition) is 8. The SMILES string of the molecule is Nc1ccc(C(=O)CCCC[C@H](NC(=O)c2ccc(NCc3cnc4nc(N)nc(N)c4n3)cc2N)C(=O)O)c(-c2nn[nH]n2)c1. The van der Waals surface area contributed by atoms with Crippen LogP contribution in [0.5, 0.6) is 0 Å². The van der Waals surface area contributed by atoms with Crippen LogP contribution in [0, 0.1) is 0 Å². The molecule has 0 bridgehead atoms. The molecule has 0 radical (unpaired) electrons. The van der Waals surface area contributed by atoms with Gasteiger partial charge in [-0.05, 0) is 54.5 Å². The number of hydrogen-bond acceptors (Lipinski definition) is 15. The highest BCUT2D eigenvalue weighted by atomic mass is 16.4. The first-order chi connectivity index (χ1) is 22.1. The number of rotatable bonds is 13. The van der Waals surface area contributed by atoms with Crippen LogP contribution in [0.25, 0.3) is 22.6 Å². The van der Waals surface area contributed by atoms with E-state index in [1.165, 1.54) is 12.3 Å². The Labute approximate surface area is 260 Å². The third kappa shape index (κ3) is 7.18. The van der Waals surface area contributed by atoms with Gasteiger partial charge in [-0.3, -0.25) is 9.59 Å². The number of aromatic amines is 1. The van der Waals surface area contributed by atoms with Gasteiger partial charge in [-0.2, -0.15) is 15.2 Å². The van der Waals surface area contributed by atoms with Crippen LogP contribution in [0.4, 0.5) is 28.8 Å². The van der Waals surface area contributed by atoms with Crippen molar-refractivity contribution in [3.05, 3.63) is 59.4 Å². The zero-order valence-electron chi connectivity index (χ0n) is 24.3. The highest BCUT2D eigenvalue weighted by Crippen LogP contribution is 2.25. The Balaban J connectivity index is 1.14. The van der Waals surface area contributed by atoms with E-state index < -0.39 is 17.9 Å². The molecule has 3 aromatic heterocycles. The fraction of sp³-hybridized carbons (Fsp3) is 0.214. The molecule has 5 aromatic rings. The number of aromatic nitrogens is 8. The highest BCUT2D eigenvalue weighted by Gasteiger charge is 2.22. The topological polar surface area (TPSA) is 306 Å². The number of carboxylic acids is 1. The normalized spacial score (nSPS) is 11.7. The van der Waals surface area contributed by atoms with E-state index in [2.05, 4.69) is 51.2 Å². The van der Waals surface area contributed by atoms with Gasteiger partial charge in [-0.1, -0.05) is 6.42 Å². The Morgan fingerprint density at radius 3 is 2.50 bits per heavy atom. The van der Waals surface area contributed by atoms with Crippen LogP contribution in [-0.2, 0) is 11.3 Å². The molecule has 1 amide bonds. The summed E-state index contributed by atoms with van der Waals surface area (Å²) < 4.78 is 0. The van der Waals surface area contributed by atoms with Gasteiger partial charge in [0.25, 0.3) is 5.91 Å². The zero-order chi connectivity index (χ0) is 32.8. The number of ketones is 1. The second kappa shape index (κ2) is 13.5. The van der Waals surface area contributed by atoms with Crippen molar-refractivity contribution in [1.29, 1.82) is 0 Å². The summed E-state index contributed by atoms with van der Waals surface area (Å²) in [4.78, 5) is 54.3. The number of H-pyrrole nitrogens is 1. The van der Waals surface area contributed by atoms with E-state index in [1.54, 1.807) is 30.3 Å². The van der Waals surface area contributed by atoms with Crippen LogP contribution in [0.2, 0.25) is 0 Å². The number of nitrogen functional groups attached to an aromatic ring is 4. The third-order valence-corrected chi connectivity index (χ3v) is 6.95. The number of nitrogens with zero attached hydrogens (tertiary/aromatic N) is 7. The lowest BCUT2D eigenvalue weighted by Crippen LogP contribution is -2.41. The van der Waals surface area contributed by atoms with Gasteiger partial charge in [0.05, 0.1) is 24.0 Å². The number of carbonyl (C=O) groups excluding carboxylic acids is 2. The number of tetrazole rings is 1. The molecule has 1 atom stereocenters. The molecule has 0 unspecified atom stereocenters. The molecule has 0 aliphatic carbocycles. The summed E-state index contributed by atoms with van der Waals surface area (Å²) in [6, 6.07) is 8.25. The quantitative estimate of drug-likeness (QED) is 0.0516. The Kier molecular flexibility index (Phi) is 9.06. The number of aliphatic carboxylic acids is 1. The van der Waals surface area contributed by atoms with E-state index >= 15 is 0 Å². The zero-order valence-corrected chi connectivity index (χ0v) is 24.3. The van der Waals surface area contributed by atoms with E-state index in [1.807, 2.05) is 0 Å². The summed E-state index contributed by atoms with van der Waals surface area (Å²) in [5, 5.41) is 29.1. The summed E-state index contributed by atoms with van der Waals surface area (Å²) in [6.07, 6.45) is 2.49. The molecule has 0 saturated carbocycles. The molecule has 3 heterocycles. The van der Waals surface area contributed by atoms with Gasteiger partial charge in [0.2, 0.25) is 11.8 Å². The van der Waals surface area contributed by atoms with Crippen molar-refractivity contribution in [3.8, 4) is 11.4 Å². The van der Waals surface area contributed by atoms with Crippen molar-refractivity contribution in [2.75, 3.05) is 28.3 Å². The lowest BCUT2D eigenvalue weighted by atomic mass is 9.97. The van der Waals surface area contributed by atoms with Gasteiger partial charge in [-0.15, -0.1) is 10.2 Å². The van der Waals surface area contributed by atoms with Gasteiger partial charge in [0.1, 0.15) is 6.04 Å². The fourth-order valence-corrected chi connectivity index (χ4v) is 4.67. The number of benzene rings is 2. The van der Waals surface area contributed by atoms with Gasteiger partial charge in [0, 0.05) is 34.6 Å². The summed E-state index contributed by atoms with van der Waals surface area (Å²) in [5.74, 6) is -1.70. The average Bonchev–Trinajstić information content (AvgIpc) is 3.56. The Hall–Kier alpha value is -6.46. The Morgan fingerprint density at radius 1 is 0.957 bits per heavy atom. The van der Waals surface area contributed by atoms with Crippen molar-refractivity contribution in [1.82, 2.24) is 45.9 Å². The Morgan fingerprint density at radius 2 is 1.76 bits per heavy atom. The molecule has 0 fully saturated rings. The maximum absolute atomic E-state index is 12.9. The lowest BCUT2D eigenvalue weighted by Gasteiger charge is -2.16. The van der Waals surface area contributed by atoms with Crippen LogP contribution in [-0.4, -0.2) is 69.4 Å². The van der Waals surface area contributed by atoms with Crippen molar-refractivity contribution in [2.24, 2.45) is 0 Å². The number of anilines is 5. The monoisotopic (exact) mass is 626 g/mol. The van der Waals surface area contributed by atoms with Crippen LogP contribution < -0.4 is 33.6 Å². The first-order valence-corrected chi connectivity index (χ1v) is 14.0. The van der Waals surface area contributed by atoms with E-state index in [0.717, 1.165) is 0 Å². The number of amides is 1. The molecule has 0 aliphatic heterocycles. The van der Waals surface area contributed by atoms with Crippen molar-refractivity contribution in [2.45, 2.75) is 38.3 Å². The number of nitrogens with two attached hydrogens (primary N) is 4. The van der Waals surface area contributed by atoms with E-state index in [9.17, 15) is 19.5 Å². The summed E-state index contributed by atoms with van der Waals surface area (Å²) in [7, 11) is 0. The maximum Gasteiger partial charge on any atom is 0.326 e.